The smallest absolute Gasteiger partial charge is 0.317 e. The molecule has 5 nitrogen and oxygen atoms in total. The summed E-state index contributed by atoms with van der Waals surface area (Å²) in [5.41, 5.74) is 1.69. The lowest BCUT2D eigenvalue weighted by Gasteiger charge is -2.33. The first-order valence-electron chi connectivity index (χ1n) is 9.73. The van der Waals surface area contributed by atoms with Crippen LogP contribution in [0.15, 0.2) is 54.6 Å². The van der Waals surface area contributed by atoms with Gasteiger partial charge >= 0.3 is 6.03 Å². The number of benzene rings is 2. The van der Waals surface area contributed by atoms with Gasteiger partial charge in [0.1, 0.15) is 0 Å². The van der Waals surface area contributed by atoms with E-state index in [2.05, 4.69) is 22.8 Å². The van der Waals surface area contributed by atoms with Gasteiger partial charge in [0.05, 0.1) is 10.6 Å². The summed E-state index contributed by atoms with van der Waals surface area (Å²) in [5, 5.41) is 6.40. The van der Waals surface area contributed by atoms with Crippen LogP contribution in [-0.2, 0) is 6.42 Å². The molecule has 3 amide bonds. The molecule has 2 aromatic carbocycles. The van der Waals surface area contributed by atoms with Crippen molar-refractivity contribution in [3.63, 3.8) is 0 Å². The molecule has 0 bridgehead atoms. The molecule has 0 aromatic heterocycles. The van der Waals surface area contributed by atoms with Crippen LogP contribution in [0.1, 0.15) is 28.8 Å². The van der Waals surface area contributed by atoms with E-state index in [1.54, 1.807) is 24.3 Å². The fraction of sp³-hybridized carbons (Fsp3) is 0.364. The van der Waals surface area contributed by atoms with Gasteiger partial charge in [0.2, 0.25) is 0 Å². The van der Waals surface area contributed by atoms with Crippen LogP contribution in [0.2, 0.25) is 5.02 Å². The number of amides is 3. The summed E-state index contributed by atoms with van der Waals surface area (Å²) in [7, 11) is 0. The van der Waals surface area contributed by atoms with Gasteiger partial charge in [-0.05, 0) is 42.9 Å². The third-order valence-corrected chi connectivity index (χ3v) is 5.34. The number of carbonyl (C=O) groups is 2. The van der Waals surface area contributed by atoms with Crippen LogP contribution in [0, 0.1) is 5.92 Å². The molecule has 3 rings (SSSR count). The second-order valence-corrected chi connectivity index (χ2v) is 7.52. The van der Waals surface area contributed by atoms with Crippen molar-refractivity contribution < 1.29 is 9.59 Å². The molecule has 0 spiro atoms. The summed E-state index contributed by atoms with van der Waals surface area (Å²) < 4.78 is 0. The van der Waals surface area contributed by atoms with Crippen molar-refractivity contribution in [1.82, 2.24) is 15.5 Å². The average Bonchev–Trinajstić information content (AvgIpc) is 2.73. The van der Waals surface area contributed by atoms with E-state index in [0.717, 1.165) is 25.8 Å². The molecule has 2 N–H and O–H groups in total. The predicted octanol–water partition coefficient (Wildman–Crippen LogP) is 3.73. The number of urea groups is 1. The lowest BCUT2D eigenvalue weighted by Crippen LogP contribution is -2.48. The summed E-state index contributed by atoms with van der Waals surface area (Å²) >= 11 is 6.08. The highest BCUT2D eigenvalue weighted by molar-refractivity contribution is 6.33. The number of piperidine rings is 1. The maximum atomic E-state index is 12.4. The van der Waals surface area contributed by atoms with Gasteiger partial charge in [-0.1, -0.05) is 54.1 Å². The van der Waals surface area contributed by atoms with Crippen molar-refractivity contribution in [2.24, 2.45) is 5.92 Å². The summed E-state index contributed by atoms with van der Waals surface area (Å²) in [6, 6.07) is 17.1. The third-order valence-electron chi connectivity index (χ3n) is 5.01. The van der Waals surface area contributed by atoms with Crippen LogP contribution in [0.4, 0.5) is 4.79 Å². The normalized spacial score (nSPS) is 16.5. The van der Waals surface area contributed by atoms with Crippen molar-refractivity contribution in [3.05, 3.63) is 70.7 Å². The number of hydrogen-bond donors (Lipinski definition) is 2. The summed E-state index contributed by atoms with van der Waals surface area (Å²) in [4.78, 5) is 26.6. The van der Waals surface area contributed by atoms with Crippen molar-refractivity contribution in [2.75, 3.05) is 26.2 Å². The van der Waals surface area contributed by atoms with Crippen molar-refractivity contribution in [1.29, 1.82) is 0 Å². The zero-order valence-corrected chi connectivity index (χ0v) is 16.6. The Balaban J connectivity index is 1.42. The van der Waals surface area contributed by atoms with Gasteiger partial charge in [-0.3, -0.25) is 4.79 Å². The minimum Gasteiger partial charge on any atom is -0.352 e. The number of rotatable bonds is 6. The largest absolute Gasteiger partial charge is 0.352 e. The topological polar surface area (TPSA) is 61.4 Å². The molecule has 1 saturated heterocycles. The van der Waals surface area contributed by atoms with Crippen LogP contribution in [-0.4, -0.2) is 43.0 Å². The van der Waals surface area contributed by atoms with Crippen molar-refractivity contribution in [3.8, 4) is 0 Å². The first-order chi connectivity index (χ1) is 13.6. The van der Waals surface area contributed by atoms with Gasteiger partial charge in [0.15, 0.2) is 0 Å². The van der Waals surface area contributed by atoms with Gasteiger partial charge in [-0.15, -0.1) is 0 Å². The predicted molar refractivity (Wildman–Crippen MR) is 112 cm³/mol. The molecule has 1 heterocycles. The molecule has 0 saturated carbocycles. The summed E-state index contributed by atoms with van der Waals surface area (Å²) in [5.74, 6) is 0.0788. The highest BCUT2D eigenvalue weighted by Gasteiger charge is 2.24. The quantitative estimate of drug-likeness (QED) is 0.777. The number of halogens is 1. The molecular formula is C22H26ClN3O2. The molecule has 6 heteroatoms. The molecule has 0 unspecified atom stereocenters. The van der Waals surface area contributed by atoms with E-state index in [-0.39, 0.29) is 17.9 Å². The molecule has 148 valence electrons. The Morgan fingerprint density at radius 1 is 1.04 bits per heavy atom. The summed E-state index contributed by atoms with van der Waals surface area (Å²) in [6.07, 6.45) is 2.76. The number of likely N-dealkylation sites (tertiary alicyclic amines) is 1. The van der Waals surface area contributed by atoms with E-state index in [9.17, 15) is 9.59 Å². The second-order valence-electron chi connectivity index (χ2n) is 7.11. The number of nitrogens with one attached hydrogen (secondary N) is 2. The monoisotopic (exact) mass is 399 g/mol. The van der Waals surface area contributed by atoms with E-state index < -0.39 is 0 Å². The Hall–Kier alpha value is -2.53. The van der Waals surface area contributed by atoms with Gasteiger partial charge < -0.3 is 15.5 Å². The molecule has 1 atom stereocenters. The Bertz CT molecular complexity index is 797. The Kier molecular flexibility index (Phi) is 7.31. The second kappa shape index (κ2) is 10.1. The van der Waals surface area contributed by atoms with Crippen LogP contribution in [0.3, 0.4) is 0 Å². The minimum absolute atomic E-state index is 0.0296. The van der Waals surface area contributed by atoms with Crippen molar-refractivity contribution >= 4 is 23.5 Å². The Morgan fingerprint density at radius 2 is 1.79 bits per heavy atom. The molecule has 1 aliphatic heterocycles. The first kappa shape index (κ1) is 20.2. The van der Waals surface area contributed by atoms with Crippen molar-refractivity contribution in [2.45, 2.75) is 19.3 Å². The lowest BCUT2D eigenvalue weighted by molar-refractivity contribution is 0.0938. The fourth-order valence-corrected chi connectivity index (χ4v) is 3.69. The number of nitrogens with zero attached hydrogens (tertiary/aromatic N) is 1. The lowest BCUT2D eigenvalue weighted by atomic mass is 9.98. The zero-order chi connectivity index (χ0) is 19.8. The highest BCUT2D eigenvalue weighted by Crippen LogP contribution is 2.17. The number of carbonyl (C=O) groups excluding carboxylic acids is 2. The van der Waals surface area contributed by atoms with E-state index in [1.807, 2.05) is 23.1 Å². The van der Waals surface area contributed by atoms with Crippen LogP contribution < -0.4 is 10.6 Å². The zero-order valence-electron chi connectivity index (χ0n) is 15.9. The van der Waals surface area contributed by atoms with Gasteiger partial charge in [-0.2, -0.15) is 0 Å². The van der Waals surface area contributed by atoms with Gasteiger partial charge in [0.25, 0.3) is 5.91 Å². The molecule has 0 radical (unpaired) electrons. The van der Waals surface area contributed by atoms with E-state index in [0.29, 0.717) is 30.2 Å². The molecular weight excluding hydrogens is 374 g/mol. The number of hydrogen-bond acceptors (Lipinski definition) is 2. The maximum absolute atomic E-state index is 12.4. The van der Waals surface area contributed by atoms with Gasteiger partial charge in [0, 0.05) is 26.2 Å². The SMILES string of the molecule is O=C(NC[C@@H]1CCCN(C(=O)NCCc2ccccc2)C1)c1ccccc1Cl. The van der Waals surface area contributed by atoms with E-state index >= 15 is 0 Å². The minimum atomic E-state index is -0.171. The molecule has 2 aromatic rings. The average molecular weight is 400 g/mol. The molecule has 1 fully saturated rings. The van der Waals surface area contributed by atoms with Crippen LogP contribution in [0.5, 0.6) is 0 Å². The molecule has 0 aliphatic carbocycles. The standard InChI is InChI=1S/C22H26ClN3O2/c23-20-11-5-4-10-19(20)21(27)25-15-18-9-6-14-26(16-18)22(28)24-13-12-17-7-2-1-3-8-17/h1-5,7-8,10-11,18H,6,9,12-16H2,(H,24,28)(H,25,27)/t18-/m0/s1. The molecule has 28 heavy (non-hydrogen) atoms. The van der Waals surface area contributed by atoms with Crippen LogP contribution in [0.25, 0.3) is 0 Å². The fourth-order valence-electron chi connectivity index (χ4n) is 3.46. The summed E-state index contributed by atoms with van der Waals surface area (Å²) in [6.45, 7) is 2.57. The van der Waals surface area contributed by atoms with Crippen LogP contribution >= 0.6 is 11.6 Å². The maximum Gasteiger partial charge on any atom is 0.317 e. The first-order valence-corrected chi connectivity index (χ1v) is 10.1. The third kappa shape index (κ3) is 5.73. The molecule has 1 aliphatic rings. The highest BCUT2D eigenvalue weighted by atomic mass is 35.5. The van der Waals surface area contributed by atoms with E-state index in [1.165, 1.54) is 5.56 Å². The van der Waals surface area contributed by atoms with Gasteiger partial charge in [-0.25, -0.2) is 4.79 Å². The Labute approximate surface area is 171 Å². The Morgan fingerprint density at radius 3 is 2.57 bits per heavy atom. The van der Waals surface area contributed by atoms with E-state index in [4.69, 9.17) is 11.6 Å².